The minimum absolute atomic E-state index is 0.171. The highest BCUT2D eigenvalue weighted by atomic mass is 16.3. The zero-order valence-electron chi connectivity index (χ0n) is 15.7. The summed E-state index contributed by atoms with van der Waals surface area (Å²) in [7, 11) is 0. The summed E-state index contributed by atoms with van der Waals surface area (Å²) < 4.78 is 12.9. The van der Waals surface area contributed by atoms with Gasteiger partial charge in [0.2, 0.25) is 0 Å². The van der Waals surface area contributed by atoms with Gasteiger partial charge in [-0.2, -0.15) is 0 Å². The number of amides is 2. The van der Waals surface area contributed by atoms with Gasteiger partial charge in [-0.15, -0.1) is 0 Å². The summed E-state index contributed by atoms with van der Waals surface area (Å²) in [5, 5.41) is 2.99. The fourth-order valence-electron chi connectivity index (χ4n) is 3.25. The van der Waals surface area contributed by atoms with E-state index in [1.165, 1.54) is 0 Å². The highest BCUT2D eigenvalue weighted by Crippen LogP contribution is 2.15. The zero-order chi connectivity index (χ0) is 19.3. The number of imidazole rings is 1. The second kappa shape index (κ2) is 8.04. The average molecular weight is 378 g/mol. The van der Waals surface area contributed by atoms with Gasteiger partial charge in [0.1, 0.15) is 17.3 Å². The first kappa shape index (κ1) is 17.9. The Labute approximate surface area is 162 Å². The monoisotopic (exact) mass is 378 g/mol. The van der Waals surface area contributed by atoms with Crippen LogP contribution in [0.15, 0.2) is 69.9 Å². The van der Waals surface area contributed by atoms with E-state index >= 15 is 0 Å². The normalized spacial score (nSPS) is 11.0. The number of para-hydroxylation sites is 2. The van der Waals surface area contributed by atoms with Gasteiger partial charge in [0.05, 0.1) is 36.6 Å². The summed E-state index contributed by atoms with van der Waals surface area (Å²) in [5.41, 5.74) is 2.03. The number of aryl methyl sites for hydroxylation is 1. The van der Waals surface area contributed by atoms with E-state index in [1.807, 2.05) is 55.5 Å². The number of carbonyl (C=O) groups is 1. The average Bonchev–Trinajstić information content (AvgIpc) is 3.44. The predicted octanol–water partition coefficient (Wildman–Crippen LogP) is 3.94. The van der Waals surface area contributed by atoms with Crippen molar-refractivity contribution in [2.75, 3.05) is 6.54 Å². The third-order valence-corrected chi connectivity index (χ3v) is 4.60. The molecule has 7 nitrogen and oxygen atoms in total. The highest BCUT2D eigenvalue weighted by Gasteiger charge is 2.17. The van der Waals surface area contributed by atoms with E-state index in [9.17, 15) is 4.79 Å². The molecule has 4 rings (SSSR count). The molecule has 7 heteroatoms. The Morgan fingerprint density at radius 1 is 1.04 bits per heavy atom. The number of rotatable bonds is 7. The molecular weight excluding hydrogens is 356 g/mol. The molecule has 0 radical (unpaired) electrons. The van der Waals surface area contributed by atoms with Crippen molar-refractivity contribution in [1.82, 2.24) is 19.8 Å². The number of carbonyl (C=O) groups excluding carboxylic acids is 1. The molecule has 0 saturated carbocycles. The van der Waals surface area contributed by atoms with Crippen molar-refractivity contribution in [2.24, 2.45) is 0 Å². The fourth-order valence-corrected chi connectivity index (χ4v) is 3.25. The van der Waals surface area contributed by atoms with E-state index in [0.29, 0.717) is 26.2 Å². The smallest absolute Gasteiger partial charge is 0.318 e. The molecule has 3 heterocycles. The Morgan fingerprint density at radius 3 is 2.36 bits per heavy atom. The van der Waals surface area contributed by atoms with Crippen molar-refractivity contribution < 1.29 is 13.6 Å². The second-order valence-electron chi connectivity index (χ2n) is 6.55. The van der Waals surface area contributed by atoms with Gasteiger partial charge in [-0.25, -0.2) is 9.78 Å². The van der Waals surface area contributed by atoms with Crippen LogP contribution in [0.25, 0.3) is 11.0 Å². The van der Waals surface area contributed by atoms with Crippen molar-refractivity contribution in [1.29, 1.82) is 0 Å². The molecular formula is C21H22N4O3. The van der Waals surface area contributed by atoms with Crippen molar-refractivity contribution in [3.05, 3.63) is 78.4 Å². The van der Waals surface area contributed by atoms with Crippen LogP contribution in [0, 0.1) is 6.92 Å². The molecule has 1 aromatic carbocycles. The maximum Gasteiger partial charge on any atom is 0.318 e. The number of urea groups is 1. The molecule has 0 aliphatic heterocycles. The van der Waals surface area contributed by atoms with Gasteiger partial charge in [-0.05, 0) is 43.3 Å². The Bertz CT molecular complexity index is 999. The Balaban J connectivity index is 1.41. The number of nitrogens with zero attached hydrogens (tertiary/aromatic N) is 3. The van der Waals surface area contributed by atoms with Gasteiger partial charge >= 0.3 is 6.03 Å². The topological polar surface area (TPSA) is 76.4 Å². The van der Waals surface area contributed by atoms with Gasteiger partial charge in [-0.1, -0.05) is 12.1 Å². The summed E-state index contributed by atoms with van der Waals surface area (Å²) >= 11 is 0. The molecule has 4 aromatic rings. The fraction of sp³-hybridized carbons (Fsp3) is 0.238. The molecule has 1 N–H and O–H groups in total. The van der Waals surface area contributed by atoms with Crippen molar-refractivity contribution in [3.63, 3.8) is 0 Å². The van der Waals surface area contributed by atoms with E-state index in [1.54, 1.807) is 17.4 Å². The predicted molar refractivity (Wildman–Crippen MR) is 105 cm³/mol. The van der Waals surface area contributed by atoms with E-state index in [2.05, 4.69) is 14.9 Å². The number of nitrogens with one attached hydrogen (secondary N) is 1. The summed E-state index contributed by atoms with van der Waals surface area (Å²) in [6.07, 6.45) is 3.20. The SMILES string of the molecule is Cc1nc2ccccc2n1CCNC(=O)N(Cc1ccco1)Cc1ccco1. The van der Waals surface area contributed by atoms with Crippen LogP contribution >= 0.6 is 0 Å². The highest BCUT2D eigenvalue weighted by molar-refractivity contribution is 5.76. The number of furan rings is 2. The van der Waals surface area contributed by atoms with Crippen molar-refractivity contribution in [3.8, 4) is 0 Å². The summed E-state index contributed by atoms with van der Waals surface area (Å²) in [4.78, 5) is 19.0. The first-order chi connectivity index (χ1) is 13.7. The van der Waals surface area contributed by atoms with Crippen LogP contribution < -0.4 is 5.32 Å². The lowest BCUT2D eigenvalue weighted by atomic mass is 10.3. The first-order valence-corrected chi connectivity index (χ1v) is 9.20. The van der Waals surface area contributed by atoms with Gasteiger partial charge in [0.25, 0.3) is 0 Å². The number of hydrogen-bond acceptors (Lipinski definition) is 4. The molecule has 0 spiro atoms. The lowest BCUT2D eigenvalue weighted by Crippen LogP contribution is -2.40. The number of benzene rings is 1. The van der Waals surface area contributed by atoms with Crippen LogP contribution in [-0.2, 0) is 19.6 Å². The number of hydrogen-bond donors (Lipinski definition) is 1. The van der Waals surface area contributed by atoms with Gasteiger partial charge in [0.15, 0.2) is 0 Å². The molecule has 0 fully saturated rings. The Kier molecular flexibility index (Phi) is 5.14. The van der Waals surface area contributed by atoms with E-state index < -0.39 is 0 Å². The van der Waals surface area contributed by atoms with E-state index in [-0.39, 0.29) is 6.03 Å². The van der Waals surface area contributed by atoms with Gasteiger partial charge in [-0.3, -0.25) is 0 Å². The standard InChI is InChI=1S/C21H22N4O3/c1-16-23-19-8-2-3-9-20(19)25(16)11-10-22-21(26)24(14-17-6-4-12-27-17)15-18-7-5-13-28-18/h2-9,12-13H,10-11,14-15H2,1H3,(H,22,26). The zero-order valence-corrected chi connectivity index (χ0v) is 15.7. The molecule has 0 atom stereocenters. The number of aromatic nitrogens is 2. The maximum absolute atomic E-state index is 12.8. The second-order valence-corrected chi connectivity index (χ2v) is 6.55. The van der Waals surface area contributed by atoms with Crippen LogP contribution in [0.4, 0.5) is 4.79 Å². The van der Waals surface area contributed by atoms with Crippen LogP contribution in [-0.4, -0.2) is 27.0 Å². The van der Waals surface area contributed by atoms with Crippen LogP contribution in [0.3, 0.4) is 0 Å². The maximum atomic E-state index is 12.8. The quantitative estimate of drug-likeness (QED) is 0.528. The summed E-state index contributed by atoms with van der Waals surface area (Å²) in [5.74, 6) is 2.37. The molecule has 0 aliphatic rings. The minimum Gasteiger partial charge on any atom is -0.467 e. The largest absolute Gasteiger partial charge is 0.467 e. The Hall–Kier alpha value is -3.48. The number of fused-ring (bicyclic) bond motifs is 1. The molecule has 0 bridgehead atoms. The minimum atomic E-state index is -0.171. The van der Waals surface area contributed by atoms with Crippen LogP contribution in [0.2, 0.25) is 0 Å². The Morgan fingerprint density at radius 2 is 1.71 bits per heavy atom. The van der Waals surface area contributed by atoms with Crippen LogP contribution in [0.5, 0.6) is 0 Å². The van der Waals surface area contributed by atoms with Crippen LogP contribution in [0.1, 0.15) is 17.3 Å². The molecule has 0 saturated heterocycles. The molecule has 0 unspecified atom stereocenters. The third kappa shape index (κ3) is 3.93. The third-order valence-electron chi connectivity index (χ3n) is 4.60. The lowest BCUT2D eigenvalue weighted by molar-refractivity contribution is 0.182. The van der Waals surface area contributed by atoms with Gasteiger partial charge < -0.3 is 23.6 Å². The molecule has 2 amide bonds. The molecule has 144 valence electrons. The van der Waals surface area contributed by atoms with E-state index in [0.717, 1.165) is 28.4 Å². The van der Waals surface area contributed by atoms with Crippen molar-refractivity contribution in [2.45, 2.75) is 26.6 Å². The summed E-state index contributed by atoms with van der Waals surface area (Å²) in [6.45, 7) is 3.85. The van der Waals surface area contributed by atoms with E-state index in [4.69, 9.17) is 8.83 Å². The van der Waals surface area contributed by atoms with Gasteiger partial charge in [0, 0.05) is 13.1 Å². The molecule has 3 aromatic heterocycles. The summed E-state index contributed by atoms with van der Waals surface area (Å²) in [6, 6.07) is 15.1. The molecule has 0 aliphatic carbocycles. The lowest BCUT2D eigenvalue weighted by Gasteiger charge is -2.21. The molecule has 28 heavy (non-hydrogen) atoms. The van der Waals surface area contributed by atoms with Crippen molar-refractivity contribution >= 4 is 17.1 Å². The first-order valence-electron chi connectivity index (χ1n) is 9.20.